The van der Waals surface area contributed by atoms with E-state index in [-0.39, 0.29) is 6.04 Å². The molecule has 86 valence electrons. The molecule has 0 saturated heterocycles. The van der Waals surface area contributed by atoms with Crippen LogP contribution in [0.3, 0.4) is 0 Å². The molecule has 0 bridgehead atoms. The molecule has 2 N–H and O–H groups in total. The van der Waals surface area contributed by atoms with E-state index in [2.05, 4.69) is 34.3 Å². The fourth-order valence-corrected chi connectivity index (χ4v) is 3.27. The van der Waals surface area contributed by atoms with Crippen molar-refractivity contribution in [3.05, 3.63) is 44.4 Å². The molecule has 0 amide bonds. The lowest BCUT2D eigenvalue weighted by Gasteiger charge is -2.09. The van der Waals surface area contributed by atoms with Crippen LogP contribution in [0.25, 0.3) is 0 Å². The minimum atomic E-state index is 0.0271. The second kappa shape index (κ2) is 5.17. The van der Waals surface area contributed by atoms with Crippen LogP contribution in [0, 0.1) is 0 Å². The van der Waals surface area contributed by atoms with Crippen LogP contribution in [0.1, 0.15) is 29.2 Å². The smallest absolute Gasteiger partial charge is 0.108 e. The van der Waals surface area contributed by atoms with Gasteiger partial charge < -0.3 is 10.2 Å². The van der Waals surface area contributed by atoms with E-state index < -0.39 is 0 Å². The predicted octanol–water partition coefficient (Wildman–Crippen LogP) is 3.91. The molecule has 0 aliphatic heterocycles. The number of halogens is 1. The van der Waals surface area contributed by atoms with E-state index in [1.807, 2.05) is 6.07 Å². The van der Waals surface area contributed by atoms with Gasteiger partial charge in [0.25, 0.3) is 0 Å². The summed E-state index contributed by atoms with van der Waals surface area (Å²) in [5.41, 5.74) is 7.32. The number of rotatable bonds is 4. The van der Waals surface area contributed by atoms with Crippen molar-refractivity contribution in [2.75, 3.05) is 0 Å². The quantitative estimate of drug-likeness (QED) is 0.930. The van der Waals surface area contributed by atoms with Gasteiger partial charge in [-0.05, 0) is 28.1 Å². The topological polar surface area (TPSA) is 39.2 Å². The molecule has 0 aliphatic rings. The maximum atomic E-state index is 6.19. The van der Waals surface area contributed by atoms with Gasteiger partial charge in [-0.2, -0.15) is 0 Å². The molecule has 2 rings (SSSR count). The van der Waals surface area contributed by atoms with Gasteiger partial charge in [0.2, 0.25) is 0 Å². The minimum Gasteiger partial charge on any atom is -0.469 e. The first-order valence-electron chi connectivity index (χ1n) is 5.25. The summed E-state index contributed by atoms with van der Waals surface area (Å²) in [5.74, 6) is 1.00. The van der Waals surface area contributed by atoms with E-state index in [9.17, 15) is 0 Å². The Morgan fingerprint density at radius 3 is 3.00 bits per heavy atom. The molecule has 0 spiro atoms. The normalized spacial score (nSPS) is 12.9. The lowest BCUT2D eigenvalue weighted by atomic mass is 10.0. The molecule has 0 aliphatic carbocycles. The molecule has 0 aromatic carbocycles. The number of hydrogen-bond donors (Lipinski definition) is 1. The molecular formula is C12H14BrNOS. The highest BCUT2D eigenvalue weighted by atomic mass is 79.9. The third-order valence-electron chi connectivity index (χ3n) is 2.54. The summed E-state index contributed by atoms with van der Waals surface area (Å²) in [4.78, 5) is 1.29. The summed E-state index contributed by atoms with van der Waals surface area (Å²) in [6, 6.07) is 4.13. The van der Waals surface area contributed by atoms with E-state index in [0.717, 1.165) is 28.6 Å². The SMILES string of the molecule is CCc1occc1C(N)Cc1cc(Br)cs1. The lowest BCUT2D eigenvalue weighted by molar-refractivity contribution is 0.505. The Bertz CT molecular complexity index is 463. The molecule has 2 heterocycles. The van der Waals surface area contributed by atoms with Gasteiger partial charge in [0.1, 0.15) is 5.76 Å². The molecule has 4 heteroatoms. The van der Waals surface area contributed by atoms with Gasteiger partial charge in [-0.3, -0.25) is 0 Å². The molecule has 0 radical (unpaired) electrons. The van der Waals surface area contributed by atoms with Crippen LogP contribution >= 0.6 is 27.3 Å². The average Bonchev–Trinajstić information content (AvgIpc) is 2.86. The van der Waals surface area contributed by atoms with Crippen molar-refractivity contribution in [3.63, 3.8) is 0 Å². The molecule has 0 fully saturated rings. The second-order valence-electron chi connectivity index (χ2n) is 3.69. The van der Waals surface area contributed by atoms with Gasteiger partial charge in [0.05, 0.1) is 6.26 Å². The van der Waals surface area contributed by atoms with E-state index in [0.29, 0.717) is 0 Å². The van der Waals surface area contributed by atoms with Gasteiger partial charge in [0.15, 0.2) is 0 Å². The molecule has 2 aromatic rings. The van der Waals surface area contributed by atoms with Crippen molar-refractivity contribution >= 4 is 27.3 Å². The van der Waals surface area contributed by atoms with Crippen molar-refractivity contribution in [3.8, 4) is 0 Å². The molecule has 1 unspecified atom stereocenters. The van der Waals surface area contributed by atoms with E-state index >= 15 is 0 Å². The standard InChI is InChI=1S/C12H14BrNOS/c1-2-12-10(3-4-15-12)11(14)6-9-5-8(13)7-16-9/h3-5,7,11H,2,6,14H2,1H3. The summed E-state index contributed by atoms with van der Waals surface area (Å²) in [5, 5.41) is 2.08. The minimum absolute atomic E-state index is 0.0271. The first kappa shape index (κ1) is 11.9. The predicted molar refractivity (Wildman–Crippen MR) is 70.7 cm³/mol. The summed E-state index contributed by atoms with van der Waals surface area (Å²) >= 11 is 5.18. The van der Waals surface area contributed by atoms with Crippen LogP contribution in [-0.4, -0.2) is 0 Å². The summed E-state index contributed by atoms with van der Waals surface area (Å²) in [6.45, 7) is 2.08. The van der Waals surface area contributed by atoms with Crippen molar-refractivity contribution in [1.82, 2.24) is 0 Å². The monoisotopic (exact) mass is 299 g/mol. The number of hydrogen-bond acceptors (Lipinski definition) is 3. The highest BCUT2D eigenvalue weighted by Crippen LogP contribution is 2.26. The zero-order valence-corrected chi connectivity index (χ0v) is 11.5. The Morgan fingerprint density at radius 2 is 2.38 bits per heavy atom. The fraction of sp³-hybridized carbons (Fsp3) is 0.333. The highest BCUT2D eigenvalue weighted by Gasteiger charge is 2.14. The Kier molecular flexibility index (Phi) is 3.84. The number of aryl methyl sites for hydroxylation is 1. The first-order chi connectivity index (χ1) is 7.70. The third kappa shape index (κ3) is 2.56. The van der Waals surface area contributed by atoms with Gasteiger partial charge in [-0.15, -0.1) is 11.3 Å². The summed E-state index contributed by atoms with van der Waals surface area (Å²) < 4.78 is 6.52. The van der Waals surface area contributed by atoms with E-state index in [1.165, 1.54) is 4.88 Å². The molecular weight excluding hydrogens is 286 g/mol. The Balaban J connectivity index is 2.11. The van der Waals surface area contributed by atoms with Crippen molar-refractivity contribution in [1.29, 1.82) is 0 Å². The van der Waals surface area contributed by atoms with Gasteiger partial charge in [0, 0.05) is 39.2 Å². The number of thiophene rings is 1. The van der Waals surface area contributed by atoms with Gasteiger partial charge >= 0.3 is 0 Å². The van der Waals surface area contributed by atoms with Crippen LogP contribution in [0.5, 0.6) is 0 Å². The third-order valence-corrected chi connectivity index (χ3v) is 4.26. The lowest BCUT2D eigenvalue weighted by Crippen LogP contribution is -2.13. The van der Waals surface area contributed by atoms with Crippen LogP contribution in [0.4, 0.5) is 0 Å². The molecule has 2 nitrogen and oxygen atoms in total. The van der Waals surface area contributed by atoms with Crippen molar-refractivity contribution < 1.29 is 4.42 Å². The van der Waals surface area contributed by atoms with Crippen LogP contribution in [-0.2, 0) is 12.8 Å². The van der Waals surface area contributed by atoms with E-state index in [4.69, 9.17) is 10.2 Å². The second-order valence-corrected chi connectivity index (χ2v) is 5.61. The zero-order valence-electron chi connectivity index (χ0n) is 9.07. The summed E-state index contributed by atoms with van der Waals surface area (Å²) in [6.07, 6.45) is 3.48. The van der Waals surface area contributed by atoms with Crippen molar-refractivity contribution in [2.45, 2.75) is 25.8 Å². The van der Waals surface area contributed by atoms with Gasteiger partial charge in [-0.1, -0.05) is 6.92 Å². The van der Waals surface area contributed by atoms with Crippen LogP contribution < -0.4 is 5.73 Å². The summed E-state index contributed by atoms with van der Waals surface area (Å²) in [7, 11) is 0. The first-order valence-corrected chi connectivity index (χ1v) is 6.92. The molecule has 1 atom stereocenters. The fourth-order valence-electron chi connectivity index (χ4n) is 1.76. The Hall–Kier alpha value is -0.580. The van der Waals surface area contributed by atoms with Crippen molar-refractivity contribution in [2.24, 2.45) is 5.73 Å². The number of furan rings is 1. The zero-order chi connectivity index (χ0) is 11.5. The molecule has 0 saturated carbocycles. The Morgan fingerprint density at radius 1 is 1.56 bits per heavy atom. The average molecular weight is 300 g/mol. The maximum Gasteiger partial charge on any atom is 0.108 e. The largest absolute Gasteiger partial charge is 0.469 e. The highest BCUT2D eigenvalue weighted by molar-refractivity contribution is 9.10. The molecule has 16 heavy (non-hydrogen) atoms. The van der Waals surface area contributed by atoms with Crippen LogP contribution in [0.2, 0.25) is 0 Å². The van der Waals surface area contributed by atoms with Crippen LogP contribution in [0.15, 0.2) is 32.7 Å². The number of nitrogens with two attached hydrogens (primary N) is 1. The van der Waals surface area contributed by atoms with E-state index in [1.54, 1.807) is 17.6 Å². The Labute approximate surface area is 108 Å². The maximum absolute atomic E-state index is 6.19. The molecule has 2 aromatic heterocycles. The van der Waals surface area contributed by atoms with Gasteiger partial charge in [-0.25, -0.2) is 0 Å².